The lowest BCUT2D eigenvalue weighted by molar-refractivity contribution is -0.127. The van der Waals surface area contributed by atoms with E-state index >= 15 is 0 Å². The first-order valence-electron chi connectivity index (χ1n) is 23.6. The second-order valence-electron chi connectivity index (χ2n) is 18.1. The van der Waals surface area contributed by atoms with E-state index in [1.807, 2.05) is 19.9 Å². The van der Waals surface area contributed by atoms with Gasteiger partial charge in [-0.25, -0.2) is 0 Å². The zero-order valence-electron chi connectivity index (χ0n) is 36.9. The van der Waals surface area contributed by atoms with Crippen molar-refractivity contribution in [3.05, 3.63) is 95.1 Å². The summed E-state index contributed by atoms with van der Waals surface area (Å²) >= 11 is 0. The van der Waals surface area contributed by atoms with Gasteiger partial charge in [0.1, 0.15) is 0 Å². The van der Waals surface area contributed by atoms with E-state index in [0.717, 1.165) is 45.8 Å². The molecule has 5 rings (SSSR count). The van der Waals surface area contributed by atoms with Gasteiger partial charge >= 0.3 is 0 Å². The molecule has 0 bridgehead atoms. The number of unbranched alkanes of at least 4 members (excludes halogenated alkanes) is 18. The summed E-state index contributed by atoms with van der Waals surface area (Å²) in [5, 5.41) is 4.36. The first kappa shape index (κ1) is 45.1. The molecule has 1 saturated carbocycles. The third kappa shape index (κ3) is 13.8. The first-order valence-corrected chi connectivity index (χ1v) is 23.6. The summed E-state index contributed by atoms with van der Waals surface area (Å²) in [6.45, 7) is 10.9. The number of rotatable bonds is 26. The smallest absolute Gasteiger partial charge is 0.167 e. The number of benzene rings is 4. The normalized spacial score (nSPS) is 14.3. The quantitative estimate of drug-likeness (QED) is 0.0209. The fraction of sp³-hybridized carbons (Fsp3) is 0.527. The molecule has 3 nitrogen and oxygen atoms in total. The third-order valence-corrected chi connectivity index (χ3v) is 12.4. The molecule has 0 N–H and O–H groups in total. The van der Waals surface area contributed by atoms with Gasteiger partial charge in [0.25, 0.3) is 0 Å². The number of nitrogens with zero attached hydrogens (tertiary/aromatic N) is 1. The van der Waals surface area contributed by atoms with E-state index in [2.05, 4.69) is 104 Å². The highest BCUT2D eigenvalue weighted by molar-refractivity contribution is 6.27. The molecule has 0 spiro atoms. The van der Waals surface area contributed by atoms with E-state index in [1.165, 1.54) is 140 Å². The number of allylic oxidation sites excluding steroid dienone is 1. The molecule has 4 aromatic carbocycles. The van der Waals surface area contributed by atoms with Crippen LogP contribution < -0.4 is 4.90 Å². The fourth-order valence-electron chi connectivity index (χ4n) is 9.04. The van der Waals surface area contributed by atoms with Crippen molar-refractivity contribution in [2.24, 2.45) is 5.41 Å². The minimum Gasteiger partial charge on any atom is -0.372 e. The van der Waals surface area contributed by atoms with Crippen molar-refractivity contribution in [3.8, 4) is 0 Å². The highest BCUT2D eigenvalue weighted by atomic mass is 16.1. The minimum atomic E-state index is -0.292. The van der Waals surface area contributed by atoms with Gasteiger partial charge in [0.15, 0.2) is 11.6 Å². The van der Waals surface area contributed by atoms with Gasteiger partial charge < -0.3 is 4.90 Å². The summed E-state index contributed by atoms with van der Waals surface area (Å²) in [5.74, 6) is -0.0974. The largest absolute Gasteiger partial charge is 0.372 e. The number of hydrogen-bond donors (Lipinski definition) is 0. The first-order chi connectivity index (χ1) is 28.3. The van der Waals surface area contributed by atoms with E-state index in [-0.39, 0.29) is 17.0 Å². The lowest BCUT2D eigenvalue weighted by Gasteiger charge is -2.28. The summed E-state index contributed by atoms with van der Waals surface area (Å²) in [6.07, 6.45) is 34.5. The molecular formula is C55H75NO2. The van der Waals surface area contributed by atoms with Gasteiger partial charge in [-0.2, -0.15) is 0 Å². The lowest BCUT2D eigenvalue weighted by Crippen LogP contribution is -2.31. The molecule has 0 amide bonds. The summed E-state index contributed by atoms with van der Waals surface area (Å²) in [5.41, 5.74) is 4.68. The molecule has 1 aliphatic carbocycles. The molecule has 0 heterocycles. The molecule has 58 heavy (non-hydrogen) atoms. The highest BCUT2D eigenvalue weighted by Crippen LogP contribution is 2.39. The monoisotopic (exact) mass is 782 g/mol. The Kier molecular flexibility index (Phi) is 18.8. The standard InChI is InChI=1S/C55H75NO2/c1-5-7-9-11-13-15-17-19-21-27-39-56(40-28-22-20-18-16-14-12-10-8-6-2)45-36-33-44(34-37-45)35-38-50-46-29-23-25-31-48(46)51(49-32-26-24-30-47(49)50)41-52-53(57)42-55(3,4)43-54(52)58/h23-26,29-38,41H,5-22,27-28,39-40,42-43H2,1-4H3/b38-35+. The topological polar surface area (TPSA) is 37.4 Å². The van der Waals surface area contributed by atoms with Crippen molar-refractivity contribution in [1.29, 1.82) is 0 Å². The maximum atomic E-state index is 13.3. The maximum absolute atomic E-state index is 13.3. The van der Waals surface area contributed by atoms with Crippen LogP contribution in [0.25, 0.3) is 39.8 Å². The van der Waals surface area contributed by atoms with Crippen molar-refractivity contribution >= 4 is 57.0 Å². The molecule has 0 aliphatic heterocycles. The highest BCUT2D eigenvalue weighted by Gasteiger charge is 2.35. The third-order valence-electron chi connectivity index (χ3n) is 12.4. The van der Waals surface area contributed by atoms with Crippen LogP contribution in [0.1, 0.15) is 186 Å². The Morgan fingerprint density at radius 3 is 1.28 bits per heavy atom. The summed E-state index contributed by atoms with van der Waals surface area (Å²) in [4.78, 5) is 29.2. The van der Waals surface area contributed by atoms with Crippen molar-refractivity contribution in [2.75, 3.05) is 18.0 Å². The number of fused-ring (bicyclic) bond motifs is 2. The molecule has 3 heteroatoms. The summed E-state index contributed by atoms with van der Waals surface area (Å²) in [7, 11) is 0. The zero-order valence-corrected chi connectivity index (χ0v) is 36.9. The average Bonchev–Trinajstić information content (AvgIpc) is 3.22. The van der Waals surface area contributed by atoms with Crippen LogP contribution in [0.4, 0.5) is 5.69 Å². The number of Topliss-reactive ketones (excluding diaryl/α,β-unsaturated/α-hetero) is 2. The maximum Gasteiger partial charge on any atom is 0.167 e. The molecule has 0 saturated heterocycles. The average molecular weight is 782 g/mol. The van der Waals surface area contributed by atoms with E-state index < -0.39 is 0 Å². The van der Waals surface area contributed by atoms with E-state index in [0.29, 0.717) is 18.4 Å². The Morgan fingerprint density at radius 2 is 0.862 bits per heavy atom. The van der Waals surface area contributed by atoms with Gasteiger partial charge in [-0.3, -0.25) is 9.59 Å². The van der Waals surface area contributed by atoms with Gasteiger partial charge in [0, 0.05) is 31.6 Å². The van der Waals surface area contributed by atoms with Crippen LogP contribution in [0.2, 0.25) is 0 Å². The van der Waals surface area contributed by atoms with Crippen LogP contribution in [-0.4, -0.2) is 24.7 Å². The second kappa shape index (κ2) is 24.2. The van der Waals surface area contributed by atoms with Crippen molar-refractivity contribution in [3.63, 3.8) is 0 Å². The van der Waals surface area contributed by atoms with Crippen LogP contribution in [0.15, 0.2) is 78.4 Å². The van der Waals surface area contributed by atoms with E-state index in [9.17, 15) is 9.59 Å². The zero-order chi connectivity index (χ0) is 41.0. The number of anilines is 1. The van der Waals surface area contributed by atoms with E-state index in [4.69, 9.17) is 0 Å². The number of carbonyl (C=O) groups excluding carboxylic acids is 2. The molecule has 1 fully saturated rings. The van der Waals surface area contributed by atoms with Crippen LogP contribution in [-0.2, 0) is 9.59 Å². The Balaban J connectivity index is 1.28. The van der Waals surface area contributed by atoms with Crippen LogP contribution in [0.3, 0.4) is 0 Å². The van der Waals surface area contributed by atoms with Gasteiger partial charge in [-0.15, -0.1) is 0 Å². The predicted molar refractivity (Wildman–Crippen MR) is 254 cm³/mol. The SMILES string of the molecule is CCCCCCCCCCCCN(CCCCCCCCCCCC)c1ccc(/C=C/c2c3ccccc3c(C=C3C(=O)CC(C)(C)CC3=O)c3ccccc23)cc1. The predicted octanol–water partition coefficient (Wildman–Crippen LogP) is 16.2. The Morgan fingerprint density at radius 1 is 0.483 bits per heavy atom. The summed E-state index contributed by atoms with van der Waals surface area (Å²) < 4.78 is 0. The van der Waals surface area contributed by atoms with Crippen molar-refractivity contribution in [2.45, 2.75) is 169 Å². The Labute approximate surface area is 352 Å². The second-order valence-corrected chi connectivity index (χ2v) is 18.1. The Bertz CT molecular complexity index is 1830. The van der Waals surface area contributed by atoms with Crippen molar-refractivity contribution in [1.82, 2.24) is 0 Å². The van der Waals surface area contributed by atoms with Gasteiger partial charge in [0.2, 0.25) is 0 Å². The molecule has 312 valence electrons. The van der Waals surface area contributed by atoms with Crippen LogP contribution in [0, 0.1) is 5.41 Å². The molecule has 0 atom stereocenters. The number of hydrogen-bond acceptors (Lipinski definition) is 3. The van der Waals surface area contributed by atoms with Crippen molar-refractivity contribution < 1.29 is 9.59 Å². The van der Waals surface area contributed by atoms with Crippen LogP contribution in [0.5, 0.6) is 0 Å². The Hall–Kier alpha value is -3.98. The molecule has 0 unspecified atom stereocenters. The molecule has 0 aromatic heterocycles. The minimum absolute atomic E-state index is 0.0487. The van der Waals surface area contributed by atoms with Gasteiger partial charge in [0.05, 0.1) is 5.57 Å². The number of ketones is 2. The summed E-state index contributed by atoms with van der Waals surface area (Å²) in [6, 6.07) is 26.1. The molecular weight excluding hydrogens is 707 g/mol. The molecule has 0 radical (unpaired) electrons. The number of carbonyl (C=O) groups is 2. The van der Waals surface area contributed by atoms with Gasteiger partial charge in [-0.05, 0) is 74.7 Å². The molecule has 1 aliphatic rings. The van der Waals surface area contributed by atoms with Gasteiger partial charge in [-0.1, -0.05) is 216 Å². The molecule has 4 aromatic rings. The fourth-order valence-corrected chi connectivity index (χ4v) is 9.04. The lowest BCUT2D eigenvalue weighted by atomic mass is 9.73. The van der Waals surface area contributed by atoms with E-state index in [1.54, 1.807) is 0 Å². The van der Waals surface area contributed by atoms with Crippen LogP contribution >= 0.6 is 0 Å².